The Hall–Kier alpha value is -0.240. The summed E-state index contributed by atoms with van der Waals surface area (Å²) in [4.78, 5) is 15.1. The number of hydrogen-bond donors (Lipinski definition) is 0. The maximum atomic E-state index is 13.1. The van der Waals surface area contributed by atoms with E-state index in [1.165, 1.54) is 19.3 Å². The van der Waals surface area contributed by atoms with Crippen LogP contribution in [0, 0.1) is 22.2 Å². The first-order chi connectivity index (χ1) is 9.21. The van der Waals surface area contributed by atoms with Crippen LogP contribution in [0.2, 0.25) is 0 Å². The molecule has 1 amide bonds. The van der Waals surface area contributed by atoms with Gasteiger partial charge in [0.05, 0.1) is 5.41 Å². The van der Waals surface area contributed by atoms with Gasteiger partial charge in [-0.2, -0.15) is 0 Å². The highest BCUT2D eigenvalue weighted by Crippen LogP contribution is 2.69. The van der Waals surface area contributed by atoms with Gasteiger partial charge in [0.15, 0.2) is 0 Å². The highest BCUT2D eigenvalue weighted by molar-refractivity contribution is 6.18. The van der Waals surface area contributed by atoms with Gasteiger partial charge in [-0.1, -0.05) is 13.8 Å². The average Bonchev–Trinajstić information content (AvgIpc) is 2.31. The summed E-state index contributed by atoms with van der Waals surface area (Å²) in [6.07, 6.45) is 7.32. The first kappa shape index (κ1) is 14.7. The molecule has 4 aliphatic carbocycles. The monoisotopic (exact) mass is 297 g/mol. The Morgan fingerprint density at radius 1 is 1.20 bits per heavy atom. The van der Waals surface area contributed by atoms with Crippen LogP contribution in [0.1, 0.15) is 59.3 Å². The Morgan fingerprint density at radius 3 is 2.20 bits per heavy atom. The van der Waals surface area contributed by atoms with E-state index in [1.807, 2.05) is 11.9 Å². The molecule has 0 aromatic heterocycles. The van der Waals surface area contributed by atoms with Crippen LogP contribution < -0.4 is 0 Å². The lowest BCUT2D eigenvalue weighted by atomic mass is 9.40. The zero-order valence-corrected chi connectivity index (χ0v) is 14.1. The predicted octanol–water partition coefficient (Wildman–Crippen LogP) is 4.07. The first-order valence-electron chi connectivity index (χ1n) is 8.04. The Kier molecular flexibility index (Phi) is 3.22. The third-order valence-corrected chi connectivity index (χ3v) is 6.73. The van der Waals surface area contributed by atoms with Crippen molar-refractivity contribution in [2.24, 2.45) is 22.2 Å². The third kappa shape index (κ3) is 2.10. The minimum Gasteiger partial charge on any atom is -0.341 e. The van der Waals surface area contributed by atoms with Gasteiger partial charge >= 0.3 is 0 Å². The number of amides is 1. The van der Waals surface area contributed by atoms with Gasteiger partial charge in [-0.3, -0.25) is 4.79 Å². The van der Waals surface area contributed by atoms with Crippen molar-refractivity contribution >= 4 is 17.5 Å². The molecule has 0 heterocycles. The Bertz CT molecular complexity index is 417. The lowest BCUT2D eigenvalue weighted by molar-refractivity contribution is -0.179. The van der Waals surface area contributed by atoms with Crippen LogP contribution in [0.3, 0.4) is 0 Å². The van der Waals surface area contributed by atoms with Crippen molar-refractivity contribution in [2.75, 3.05) is 12.9 Å². The van der Waals surface area contributed by atoms with E-state index in [9.17, 15) is 4.79 Å². The van der Waals surface area contributed by atoms with Crippen molar-refractivity contribution in [3.05, 3.63) is 0 Å². The average molecular weight is 298 g/mol. The molecule has 0 saturated heterocycles. The van der Waals surface area contributed by atoms with Crippen LogP contribution >= 0.6 is 11.6 Å². The summed E-state index contributed by atoms with van der Waals surface area (Å²) in [6, 6.07) is 0.137. The van der Waals surface area contributed by atoms with Crippen LogP contribution in [-0.4, -0.2) is 29.8 Å². The highest BCUT2D eigenvalue weighted by Gasteiger charge is 2.63. The van der Waals surface area contributed by atoms with E-state index < -0.39 is 0 Å². The fraction of sp³-hybridized carbons (Fsp3) is 0.941. The summed E-state index contributed by atoms with van der Waals surface area (Å²) in [6.45, 7) is 6.89. The van der Waals surface area contributed by atoms with Crippen molar-refractivity contribution in [2.45, 2.75) is 65.3 Å². The van der Waals surface area contributed by atoms with Crippen molar-refractivity contribution in [1.82, 2.24) is 4.90 Å². The molecule has 0 spiro atoms. The minimum absolute atomic E-state index is 0.0853. The minimum atomic E-state index is -0.0853. The van der Waals surface area contributed by atoms with Crippen molar-refractivity contribution in [3.63, 3.8) is 0 Å². The van der Waals surface area contributed by atoms with Crippen LogP contribution in [0.15, 0.2) is 0 Å². The van der Waals surface area contributed by atoms with E-state index in [0.29, 0.717) is 22.6 Å². The first-order valence-corrected chi connectivity index (χ1v) is 8.58. The van der Waals surface area contributed by atoms with Gasteiger partial charge in [-0.15, -0.1) is 11.6 Å². The molecule has 114 valence electrons. The van der Waals surface area contributed by atoms with Crippen LogP contribution in [-0.2, 0) is 4.79 Å². The quantitative estimate of drug-likeness (QED) is 0.719. The number of alkyl halides is 1. The smallest absolute Gasteiger partial charge is 0.228 e. The number of hydrogen-bond acceptors (Lipinski definition) is 1. The van der Waals surface area contributed by atoms with Gasteiger partial charge < -0.3 is 4.90 Å². The van der Waals surface area contributed by atoms with E-state index in [0.717, 1.165) is 25.2 Å². The summed E-state index contributed by atoms with van der Waals surface area (Å²) in [5.41, 5.74) is 0.710. The second-order valence-corrected chi connectivity index (χ2v) is 9.14. The summed E-state index contributed by atoms with van der Waals surface area (Å²) in [7, 11) is 1.94. The molecule has 4 aliphatic rings. The standard InChI is InChI=1S/C17H28ClNO/c1-12(8-18)19(4)14(20)17-7-13-5-15(2,10-17)9-16(3,6-13)11-17/h12-13H,5-11H2,1-4H3. The SMILES string of the molecule is CC(CCl)N(C)C(=O)C12CC3CC(C)(CC(C)(C3)C1)C2. The van der Waals surface area contributed by atoms with Gasteiger partial charge in [0.2, 0.25) is 5.91 Å². The van der Waals surface area contributed by atoms with Gasteiger partial charge in [-0.05, 0) is 62.2 Å². The molecule has 0 aliphatic heterocycles. The molecule has 4 fully saturated rings. The molecule has 2 nitrogen and oxygen atoms in total. The fourth-order valence-electron chi connectivity index (χ4n) is 6.36. The Balaban J connectivity index is 1.91. The van der Waals surface area contributed by atoms with Gasteiger partial charge in [0.25, 0.3) is 0 Å². The molecule has 4 bridgehead atoms. The van der Waals surface area contributed by atoms with Crippen LogP contribution in [0.4, 0.5) is 0 Å². The molecule has 0 aromatic carbocycles. The molecule has 3 unspecified atom stereocenters. The normalized spacial score (nSPS) is 47.4. The molecule has 0 aromatic rings. The molecule has 3 atom stereocenters. The number of halogens is 1. The number of carbonyl (C=O) groups is 1. The Morgan fingerprint density at radius 2 is 1.75 bits per heavy atom. The largest absolute Gasteiger partial charge is 0.341 e. The zero-order chi connectivity index (χ0) is 14.8. The molecular weight excluding hydrogens is 270 g/mol. The van der Waals surface area contributed by atoms with Crippen molar-refractivity contribution in [1.29, 1.82) is 0 Å². The zero-order valence-electron chi connectivity index (χ0n) is 13.3. The van der Waals surface area contributed by atoms with E-state index in [-0.39, 0.29) is 11.5 Å². The maximum absolute atomic E-state index is 13.1. The molecular formula is C17H28ClNO. The number of rotatable bonds is 3. The van der Waals surface area contributed by atoms with E-state index in [1.54, 1.807) is 0 Å². The molecule has 20 heavy (non-hydrogen) atoms. The van der Waals surface area contributed by atoms with Gasteiger partial charge in [0.1, 0.15) is 0 Å². The van der Waals surface area contributed by atoms with Crippen LogP contribution in [0.5, 0.6) is 0 Å². The van der Waals surface area contributed by atoms with Crippen molar-refractivity contribution in [3.8, 4) is 0 Å². The second kappa shape index (κ2) is 4.38. The molecule has 4 rings (SSSR count). The predicted molar refractivity (Wildman–Crippen MR) is 82.8 cm³/mol. The van der Waals surface area contributed by atoms with Crippen molar-refractivity contribution < 1.29 is 4.79 Å². The van der Waals surface area contributed by atoms with E-state index in [4.69, 9.17) is 11.6 Å². The number of carbonyl (C=O) groups excluding carboxylic acids is 1. The Labute approximate surface area is 128 Å². The maximum Gasteiger partial charge on any atom is 0.228 e. The third-order valence-electron chi connectivity index (χ3n) is 6.28. The highest BCUT2D eigenvalue weighted by atomic mass is 35.5. The molecule has 0 N–H and O–H groups in total. The summed E-state index contributed by atoms with van der Waals surface area (Å²) in [5.74, 6) is 1.66. The second-order valence-electron chi connectivity index (χ2n) is 8.83. The molecule has 0 radical (unpaired) electrons. The van der Waals surface area contributed by atoms with Gasteiger partial charge in [-0.25, -0.2) is 0 Å². The van der Waals surface area contributed by atoms with Gasteiger partial charge in [0, 0.05) is 19.0 Å². The fourth-order valence-corrected chi connectivity index (χ4v) is 6.57. The summed E-state index contributed by atoms with van der Waals surface area (Å²) in [5, 5.41) is 0. The topological polar surface area (TPSA) is 20.3 Å². The van der Waals surface area contributed by atoms with E-state index >= 15 is 0 Å². The van der Waals surface area contributed by atoms with E-state index in [2.05, 4.69) is 20.8 Å². The number of nitrogens with zero attached hydrogens (tertiary/aromatic N) is 1. The van der Waals surface area contributed by atoms with Crippen LogP contribution in [0.25, 0.3) is 0 Å². The molecule has 3 heteroatoms. The summed E-state index contributed by atoms with van der Waals surface area (Å²) < 4.78 is 0. The lowest BCUT2D eigenvalue weighted by Gasteiger charge is -2.65. The lowest BCUT2D eigenvalue weighted by Crippen LogP contribution is -2.60. The summed E-state index contributed by atoms with van der Waals surface area (Å²) >= 11 is 5.96. The molecule has 4 saturated carbocycles.